The van der Waals surface area contributed by atoms with E-state index in [2.05, 4.69) is 20.8 Å². The Morgan fingerprint density at radius 2 is 2.00 bits per heavy atom. The van der Waals surface area contributed by atoms with Gasteiger partial charge in [0.1, 0.15) is 0 Å². The number of rotatable bonds is 4. The van der Waals surface area contributed by atoms with Crippen molar-refractivity contribution in [2.75, 3.05) is 0 Å². The van der Waals surface area contributed by atoms with E-state index >= 15 is 0 Å². The van der Waals surface area contributed by atoms with E-state index < -0.39 is 0 Å². The molecule has 0 amide bonds. The Hall–Kier alpha value is -0.0400. The molecule has 0 aliphatic rings. The minimum Gasteiger partial charge on any atom is -0.390 e. The van der Waals surface area contributed by atoms with Crippen LogP contribution in [0.4, 0.5) is 0 Å². The lowest BCUT2D eigenvalue weighted by Crippen LogP contribution is -2.10. The van der Waals surface area contributed by atoms with Crippen molar-refractivity contribution in [1.82, 2.24) is 0 Å². The lowest BCUT2D eigenvalue weighted by atomic mass is 9.85. The van der Waals surface area contributed by atoms with Crippen LogP contribution in [0.1, 0.15) is 40.0 Å². The van der Waals surface area contributed by atoms with E-state index in [1.807, 2.05) is 0 Å². The quantitative estimate of drug-likeness (QED) is 0.618. The first-order valence-electron chi connectivity index (χ1n) is 3.58. The summed E-state index contributed by atoms with van der Waals surface area (Å²) in [5.74, 6) is 0. The van der Waals surface area contributed by atoms with E-state index in [1.54, 1.807) is 0 Å². The second kappa shape index (κ2) is 3.89. The molecule has 0 atom stereocenters. The zero-order valence-corrected chi connectivity index (χ0v) is 6.65. The number of aliphatic hydroxyl groups is 1. The third-order valence-electron chi connectivity index (χ3n) is 1.57. The van der Waals surface area contributed by atoms with Crippen LogP contribution in [0.3, 0.4) is 0 Å². The summed E-state index contributed by atoms with van der Waals surface area (Å²) in [4.78, 5) is 0. The average molecular weight is 129 g/mol. The molecule has 0 aromatic rings. The Balaban J connectivity index is 3.43. The highest BCUT2D eigenvalue weighted by atomic mass is 16.3. The molecule has 1 heteroatoms. The topological polar surface area (TPSA) is 20.2 Å². The molecule has 0 aromatic heterocycles. The van der Waals surface area contributed by atoms with Gasteiger partial charge in [-0.1, -0.05) is 27.2 Å². The molecule has 0 unspecified atom stereocenters. The molecule has 1 N–H and O–H groups in total. The highest BCUT2D eigenvalue weighted by Crippen LogP contribution is 2.26. The fourth-order valence-electron chi connectivity index (χ4n) is 1.03. The Labute approximate surface area is 58.1 Å². The maximum absolute atomic E-state index is 8.50. The van der Waals surface area contributed by atoms with E-state index in [1.165, 1.54) is 19.4 Å². The molecule has 0 heterocycles. The first-order valence-corrected chi connectivity index (χ1v) is 3.58. The Morgan fingerprint density at radius 3 is 2.33 bits per heavy atom. The molecule has 0 fully saturated rings. The van der Waals surface area contributed by atoms with E-state index in [9.17, 15) is 0 Å². The van der Waals surface area contributed by atoms with Crippen molar-refractivity contribution in [2.24, 2.45) is 5.41 Å². The predicted molar refractivity (Wildman–Crippen MR) is 39.5 cm³/mol. The van der Waals surface area contributed by atoms with Crippen LogP contribution in [0, 0.1) is 12.0 Å². The van der Waals surface area contributed by atoms with Crippen LogP contribution in [0.5, 0.6) is 0 Å². The van der Waals surface area contributed by atoms with Crippen LogP contribution in [0.15, 0.2) is 0 Å². The van der Waals surface area contributed by atoms with Gasteiger partial charge >= 0.3 is 0 Å². The van der Waals surface area contributed by atoms with Crippen molar-refractivity contribution in [2.45, 2.75) is 40.0 Å². The summed E-state index contributed by atoms with van der Waals surface area (Å²) in [6, 6.07) is 0. The number of hydrogen-bond donors (Lipinski definition) is 1. The van der Waals surface area contributed by atoms with Crippen LogP contribution in [-0.4, -0.2) is 5.11 Å². The largest absolute Gasteiger partial charge is 0.390 e. The van der Waals surface area contributed by atoms with Gasteiger partial charge in [-0.3, -0.25) is 0 Å². The summed E-state index contributed by atoms with van der Waals surface area (Å²) < 4.78 is 0. The van der Waals surface area contributed by atoms with Crippen LogP contribution >= 0.6 is 0 Å². The fraction of sp³-hybridized carbons (Fsp3) is 0.875. The van der Waals surface area contributed by atoms with E-state index in [0.29, 0.717) is 5.41 Å². The van der Waals surface area contributed by atoms with Gasteiger partial charge in [0.15, 0.2) is 0 Å². The SMILES string of the molecule is CCCC(C)(C)C[CH]O. The summed E-state index contributed by atoms with van der Waals surface area (Å²) >= 11 is 0. The smallest absolute Gasteiger partial charge is 0.0804 e. The molecule has 0 rings (SSSR count). The monoisotopic (exact) mass is 129 g/mol. The minimum absolute atomic E-state index is 0.295. The van der Waals surface area contributed by atoms with Gasteiger partial charge < -0.3 is 5.11 Å². The van der Waals surface area contributed by atoms with Gasteiger partial charge in [0.2, 0.25) is 0 Å². The first-order chi connectivity index (χ1) is 4.12. The molecule has 1 nitrogen and oxygen atoms in total. The molecule has 0 saturated heterocycles. The summed E-state index contributed by atoms with van der Waals surface area (Å²) in [7, 11) is 0. The highest BCUT2D eigenvalue weighted by molar-refractivity contribution is 4.70. The average Bonchev–Trinajstić information content (AvgIpc) is 1.64. The van der Waals surface area contributed by atoms with Crippen molar-refractivity contribution in [3.05, 3.63) is 6.61 Å². The standard InChI is InChI=1S/C8H17O/c1-4-5-8(2,3)6-7-9/h7,9H,4-6H2,1-3H3. The third kappa shape index (κ3) is 4.46. The molecular weight excluding hydrogens is 112 g/mol. The molecule has 0 bridgehead atoms. The molecule has 0 spiro atoms. The van der Waals surface area contributed by atoms with Crippen molar-refractivity contribution in [3.8, 4) is 0 Å². The van der Waals surface area contributed by atoms with Gasteiger partial charge in [-0.15, -0.1) is 0 Å². The minimum atomic E-state index is 0.295. The summed E-state index contributed by atoms with van der Waals surface area (Å²) in [6.07, 6.45) is 3.19. The second-order valence-corrected chi connectivity index (χ2v) is 3.30. The highest BCUT2D eigenvalue weighted by Gasteiger charge is 2.14. The van der Waals surface area contributed by atoms with Crippen molar-refractivity contribution in [3.63, 3.8) is 0 Å². The Morgan fingerprint density at radius 1 is 1.44 bits per heavy atom. The number of hydrogen-bond acceptors (Lipinski definition) is 1. The second-order valence-electron chi connectivity index (χ2n) is 3.30. The zero-order chi connectivity index (χ0) is 7.33. The van der Waals surface area contributed by atoms with E-state index in [0.717, 1.165) is 6.42 Å². The molecule has 0 aromatic carbocycles. The lowest BCUT2D eigenvalue weighted by Gasteiger charge is -2.21. The maximum atomic E-state index is 8.50. The van der Waals surface area contributed by atoms with E-state index in [4.69, 9.17) is 5.11 Å². The van der Waals surface area contributed by atoms with Gasteiger partial charge in [0.05, 0.1) is 6.61 Å². The molecule has 55 valence electrons. The summed E-state index contributed by atoms with van der Waals surface area (Å²) in [5, 5.41) is 8.50. The Bertz CT molecular complexity index is 59.0. The van der Waals surface area contributed by atoms with E-state index in [-0.39, 0.29) is 0 Å². The predicted octanol–water partition coefficient (Wildman–Crippen LogP) is 2.74. The van der Waals surface area contributed by atoms with Crippen LogP contribution in [-0.2, 0) is 0 Å². The van der Waals surface area contributed by atoms with Crippen LogP contribution in [0.25, 0.3) is 0 Å². The molecule has 0 saturated carbocycles. The van der Waals surface area contributed by atoms with Gasteiger partial charge in [-0.05, 0) is 18.3 Å². The van der Waals surface area contributed by atoms with Crippen molar-refractivity contribution >= 4 is 0 Å². The summed E-state index contributed by atoms with van der Waals surface area (Å²) in [6.45, 7) is 7.77. The van der Waals surface area contributed by atoms with Crippen molar-refractivity contribution in [1.29, 1.82) is 0 Å². The molecule has 0 aliphatic heterocycles. The molecular formula is C8H17O. The summed E-state index contributed by atoms with van der Waals surface area (Å²) in [5.41, 5.74) is 0.295. The normalized spacial score (nSPS) is 12.0. The maximum Gasteiger partial charge on any atom is 0.0804 e. The fourth-order valence-corrected chi connectivity index (χ4v) is 1.03. The molecule has 0 aliphatic carbocycles. The van der Waals surface area contributed by atoms with Crippen molar-refractivity contribution < 1.29 is 5.11 Å². The lowest BCUT2D eigenvalue weighted by molar-refractivity contribution is 0.257. The van der Waals surface area contributed by atoms with Gasteiger partial charge in [0.25, 0.3) is 0 Å². The van der Waals surface area contributed by atoms with Crippen LogP contribution < -0.4 is 0 Å². The molecule has 1 radical (unpaired) electrons. The van der Waals surface area contributed by atoms with Gasteiger partial charge in [-0.2, -0.15) is 0 Å². The molecule has 9 heavy (non-hydrogen) atoms. The van der Waals surface area contributed by atoms with Gasteiger partial charge in [-0.25, -0.2) is 0 Å². The first kappa shape index (κ1) is 8.96. The van der Waals surface area contributed by atoms with Crippen LogP contribution in [0.2, 0.25) is 0 Å². The Kier molecular flexibility index (Phi) is 3.87. The zero-order valence-electron chi connectivity index (χ0n) is 6.65. The number of aliphatic hydroxyl groups excluding tert-OH is 1. The van der Waals surface area contributed by atoms with Gasteiger partial charge in [0, 0.05) is 0 Å². The third-order valence-corrected chi connectivity index (χ3v) is 1.57.